The van der Waals surface area contributed by atoms with E-state index in [-0.39, 0.29) is 0 Å². The van der Waals surface area contributed by atoms with E-state index in [0.717, 1.165) is 17.0 Å². The van der Waals surface area contributed by atoms with Gasteiger partial charge in [-0.05, 0) is 42.3 Å². The van der Waals surface area contributed by atoms with E-state index in [4.69, 9.17) is 10.5 Å². The molecule has 25 heavy (non-hydrogen) atoms. The molecule has 0 aliphatic rings. The maximum atomic E-state index is 11.8. The summed E-state index contributed by atoms with van der Waals surface area (Å²) < 4.78 is 7.36. The van der Waals surface area contributed by atoms with Crippen LogP contribution in [-0.2, 0) is 0 Å². The molecule has 0 aliphatic carbocycles. The Labute approximate surface area is 147 Å². The molecule has 2 N–H and O–H groups in total. The molecule has 0 saturated carbocycles. The fourth-order valence-corrected chi connectivity index (χ4v) is 2.45. The first-order valence-electron chi connectivity index (χ1n) is 8.22. The Hall–Kier alpha value is -3.08. The summed E-state index contributed by atoms with van der Waals surface area (Å²) in [6.07, 6.45) is 1.66. The van der Waals surface area contributed by atoms with E-state index in [1.54, 1.807) is 10.9 Å². The van der Waals surface area contributed by atoms with Gasteiger partial charge < -0.3 is 10.5 Å². The molecule has 0 spiro atoms. The number of aromatic nitrogens is 2. The van der Waals surface area contributed by atoms with Crippen LogP contribution in [-0.4, -0.2) is 22.3 Å². The Morgan fingerprint density at radius 1 is 1.12 bits per heavy atom. The van der Waals surface area contributed by atoms with E-state index in [1.165, 1.54) is 0 Å². The average Bonchev–Trinajstić information content (AvgIpc) is 3.07. The van der Waals surface area contributed by atoms with Gasteiger partial charge in [0.2, 0.25) is 0 Å². The number of rotatable bonds is 6. The number of amides is 1. The van der Waals surface area contributed by atoms with Gasteiger partial charge in [-0.2, -0.15) is 5.10 Å². The van der Waals surface area contributed by atoms with Crippen molar-refractivity contribution in [2.24, 2.45) is 11.7 Å². The lowest BCUT2D eigenvalue weighted by molar-refractivity contribution is 0.100. The molecule has 0 radical (unpaired) electrons. The molecule has 0 atom stereocenters. The minimum absolute atomic E-state index is 0.389. The van der Waals surface area contributed by atoms with Gasteiger partial charge in [0.05, 0.1) is 17.9 Å². The van der Waals surface area contributed by atoms with Crippen LogP contribution < -0.4 is 10.5 Å². The summed E-state index contributed by atoms with van der Waals surface area (Å²) >= 11 is 0. The van der Waals surface area contributed by atoms with Gasteiger partial charge in [-0.3, -0.25) is 4.79 Å². The summed E-state index contributed by atoms with van der Waals surface area (Å²) in [4.78, 5) is 11.8. The SMILES string of the molecule is CC(C)COc1ccc(-c2nn(-c3ccccc3)cc2C(N)=O)cc1. The summed E-state index contributed by atoms with van der Waals surface area (Å²) in [5, 5.41) is 4.55. The van der Waals surface area contributed by atoms with Crippen LogP contribution in [0.4, 0.5) is 0 Å². The van der Waals surface area contributed by atoms with E-state index in [0.29, 0.717) is 23.8 Å². The Morgan fingerprint density at radius 2 is 1.80 bits per heavy atom. The van der Waals surface area contributed by atoms with Crippen molar-refractivity contribution in [2.45, 2.75) is 13.8 Å². The highest BCUT2D eigenvalue weighted by Crippen LogP contribution is 2.25. The van der Waals surface area contributed by atoms with Gasteiger partial charge in [0, 0.05) is 11.8 Å². The molecule has 5 heteroatoms. The number of nitrogens with zero attached hydrogens (tertiary/aromatic N) is 2. The zero-order valence-electron chi connectivity index (χ0n) is 14.3. The molecule has 0 unspecified atom stereocenters. The van der Waals surface area contributed by atoms with Gasteiger partial charge in [0.15, 0.2) is 0 Å². The van der Waals surface area contributed by atoms with Crippen molar-refractivity contribution >= 4 is 5.91 Å². The normalized spacial score (nSPS) is 10.8. The molecule has 3 aromatic rings. The molecule has 3 rings (SSSR count). The number of nitrogens with two attached hydrogens (primary N) is 1. The highest BCUT2D eigenvalue weighted by Gasteiger charge is 2.16. The number of carbonyl (C=O) groups excluding carboxylic acids is 1. The monoisotopic (exact) mass is 335 g/mol. The second kappa shape index (κ2) is 7.21. The van der Waals surface area contributed by atoms with Crippen LogP contribution in [0.2, 0.25) is 0 Å². The average molecular weight is 335 g/mol. The molecular weight excluding hydrogens is 314 g/mol. The number of primary amides is 1. The lowest BCUT2D eigenvalue weighted by atomic mass is 10.1. The molecule has 2 aromatic carbocycles. The standard InChI is InChI=1S/C20H21N3O2/c1-14(2)13-25-17-10-8-15(9-11-17)19-18(20(21)24)12-23(22-19)16-6-4-3-5-7-16/h3-12,14H,13H2,1-2H3,(H2,21,24). The second-order valence-electron chi connectivity index (χ2n) is 6.26. The first-order chi connectivity index (χ1) is 12.0. The van der Waals surface area contributed by atoms with Gasteiger partial charge in [-0.15, -0.1) is 0 Å². The highest BCUT2D eigenvalue weighted by atomic mass is 16.5. The van der Waals surface area contributed by atoms with Crippen LogP contribution in [0.1, 0.15) is 24.2 Å². The Morgan fingerprint density at radius 3 is 2.40 bits per heavy atom. The minimum atomic E-state index is -0.502. The maximum Gasteiger partial charge on any atom is 0.252 e. The first-order valence-corrected chi connectivity index (χ1v) is 8.22. The van der Waals surface area contributed by atoms with Crippen molar-refractivity contribution in [3.8, 4) is 22.7 Å². The fourth-order valence-electron chi connectivity index (χ4n) is 2.45. The summed E-state index contributed by atoms with van der Waals surface area (Å²) in [5.74, 6) is 0.751. The van der Waals surface area contributed by atoms with E-state index in [1.807, 2.05) is 54.6 Å². The third-order valence-electron chi connectivity index (χ3n) is 3.71. The molecular formula is C20H21N3O2. The number of hydrogen-bond donors (Lipinski definition) is 1. The van der Waals surface area contributed by atoms with Crippen LogP contribution in [0, 0.1) is 5.92 Å². The van der Waals surface area contributed by atoms with Crippen molar-refractivity contribution in [3.63, 3.8) is 0 Å². The van der Waals surface area contributed by atoms with Crippen LogP contribution >= 0.6 is 0 Å². The molecule has 0 aliphatic heterocycles. The summed E-state index contributed by atoms with van der Waals surface area (Å²) in [6, 6.07) is 17.1. The van der Waals surface area contributed by atoms with Gasteiger partial charge in [0.25, 0.3) is 5.91 Å². The molecule has 1 amide bonds. The predicted molar refractivity (Wildman–Crippen MR) is 97.9 cm³/mol. The minimum Gasteiger partial charge on any atom is -0.493 e. The topological polar surface area (TPSA) is 70.1 Å². The largest absolute Gasteiger partial charge is 0.493 e. The third kappa shape index (κ3) is 3.88. The van der Waals surface area contributed by atoms with Gasteiger partial charge >= 0.3 is 0 Å². The van der Waals surface area contributed by atoms with Crippen LogP contribution in [0.25, 0.3) is 16.9 Å². The molecule has 0 fully saturated rings. The van der Waals surface area contributed by atoms with Crippen molar-refractivity contribution in [1.82, 2.24) is 9.78 Å². The first kappa shape index (κ1) is 16.8. The molecule has 5 nitrogen and oxygen atoms in total. The van der Waals surface area contributed by atoms with Gasteiger partial charge in [-0.25, -0.2) is 4.68 Å². The van der Waals surface area contributed by atoms with Crippen LogP contribution in [0.3, 0.4) is 0 Å². The second-order valence-corrected chi connectivity index (χ2v) is 6.26. The summed E-state index contributed by atoms with van der Waals surface area (Å²) in [5.41, 5.74) is 8.18. The van der Waals surface area contributed by atoms with E-state index < -0.39 is 5.91 Å². The van der Waals surface area contributed by atoms with Crippen LogP contribution in [0.5, 0.6) is 5.75 Å². The third-order valence-corrected chi connectivity index (χ3v) is 3.71. The number of hydrogen-bond acceptors (Lipinski definition) is 3. The van der Waals surface area contributed by atoms with E-state index >= 15 is 0 Å². The Kier molecular flexibility index (Phi) is 4.84. The molecule has 0 bridgehead atoms. The Bertz CT molecular complexity index is 852. The molecule has 128 valence electrons. The predicted octanol–water partition coefficient (Wildman–Crippen LogP) is 3.67. The lowest BCUT2D eigenvalue weighted by Gasteiger charge is -2.09. The molecule has 1 heterocycles. The number of para-hydroxylation sites is 1. The zero-order valence-corrected chi connectivity index (χ0v) is 14.3. The van der Waals surface area contributed by atoms with Crippen molar-refractivity contribution in [1.29, 1.82) is 0 Å². The fraction of sp³-hybridized carbons (Fsp3) is 0.200. The van der Waals surface area contributed by atoms with Crippen LogP contribution in [0.15, 0.2) is 60.8 Å². The Balaban J connectivity index is 1.93. The van der Waals surface area contributed by atoms with Gasteiger partial charge in [0.1, 0.15) is 11.4 Å². The lowest BCUT2D eigenvalue weighted by Crippen LogP contribution is -2.11. The van der Waals surface area contributed by atoms with E-state index in [2.05, 4.69) is 18.9 Å². The van der Waals surface area contributed by atoms with Crippen molar-refractivity contribution in [3.05, 3.63) is 66.4 Å². The molecule has 1 aromatic heterocycles. The number of benzene rings is 2. The van der Waals surface area contributed by atoms with Crippen molar-refractivity contribution < 1.29 is 9.53 Å². The van der Waals surface area contributed by atoms with Gasteiger partial charge in [-0.1, -0.05) is 32.0 Å². The summed E-state index contributed by atoms with van der Waals surface area (Å²) in [7, 11) is 0. The number of ether oxygens (including phenoxy) is 1. The maximum absolute atomic E-state index is 11.8. The zero-order chi connectivity index (χ0) is 17.8. The number of carbonyl (C=O) groups is 1. The highest BCUT2D eigenvalue weighted by molar-refractivity contribution is 5.98. The smallest absolute Gasteiger partial charge is 0.252 e. The molecule has 0 saturated heterocycles. The van der Waals surface area contributed by atoms with E-state index in [9.17, 15) is 4.79 Å². The summed E-state index contributed by atoms with van der Waals surface area (Å²) in [6.45, 7) is 4.86. The van der Waals surface area contributed by atoms with Crippen molar-refractivity contribution in [2.75, 3.05) is 6.61 Å². The quantitative estimate of drug-likeness (QED) is 0.747.